The minimum Gasteiger partial charge on any atom is -0.462 e. The van der Waals surface area contributed by atoms with Gasteiger partial charge in [0, 0.05) is 0 Å². The van der Waals surface area contributed by atoms with Gasteiger partial charge in [-0.15, -0.1) is 0 Å². The van der Waals surface area contributed by atoms with Crippen LogP contribution in [0.4, 0.5) is 8.78 Å². The second-order valence-corrected chi connectivity index (χ2v) is 6.65. The lowest BCUT2D eigenvalue weighted by Gasteiger charge is -2.28. The first kappa shape index (κ1) is 18.0. The second-order valence-electron chi connectivity index (χ2n) is 6.65. The lowest BCUT2D eigenvalue weighted by molar-refractivity contribution is 0.251. The van der Waals surface area contributed by atoms with Crippen LogP contribution in [0.5, 0.6) is 5.75 Å². The van der Waals surface area contributed by atoms with Gasteiger partial charge in [0.2, 0.25) is 5.82 Å². The molecule has 1 aliphatic carbocycles. The molecule has 0 aromatic heterocycles. The number of rotatable bonds is 7. The Labute approximate surface area is 138 Å². The highest BCUT2D eigenvalue weighted by atomic mass is 19.2. The second kappa shape index (κ2) is 9.05. The summed E-state index contributed by atoms with van der Waals surface area (Å²) < 4.78 is 33.1. The van der Waals surface area contributed by atoms with E-state index < -0.39 is 11.6 Å². The van der Waals surface area contributed by atoms with Crippen LogP contribution in [0.15, 0.2) is 24.5 Å². The molecule has 1 aromatic carbocycles. The third-order valence-corrected chi connectivity index (χ3v) is 4.94. The van der Waals surface area contributed by atoms with Crippen LogP contribution >= 0.6 is 0 Å². The zero-order valence-electron chi connectivity index (χ0n) is 14.3. The van der Waals surface area contributed by atoms with Crippen LogP contribution in [0.2, 0.25) is 0 Å². The quantitative estimate of drug-likeness (QED) is 0.527. The molecular formula is C20H28F2O. The summed E-state index contributed by atoms with van der Waals surface area (Å²) in [5, 5.41) is 0. The molecule has 0 saturated heterocycles. The van der Waals surface area contributed by atoms with E-state index in [4.69, 9.17) is 4.74 Å². The van der Waals surface area contributed by atoms with Crippen molar-refractivity contribution in [3.8, 4) is 5.75 Å². The first-order valence-corrected chi connectivity index (χ1v) is 8.90. The van der Waals surface area contributed by atoms with Crippen LogP contribution in [-0.4, -0.2) is 0 Å². The fraction of sp³-hybridized carbons (Fsp3) is 0.600. The minimum absolute atomic E-state index is 0.0515. The van der Waals surface area contributed by atoms with Crippen molar-refractivity contribution < 1.29 is 13.5 Å². The number of halogens is 2. The van der Waals surface area contributed by atoms with Crippen LogP contribution in [0.3, 0.4) is 0 Å². The SMILES string of the molecule is CC=COc1ccc(CCC2CCC(CCC)CC2)c(F)c1F. The van der Waals surface area contributed by atoms with Gasteiger partial charge in [0.15, 0.2) is 11.6 Å². The Hall–Kier alpha value is -1.38. The summed E-state index contributed by atoms with van der Waals surface area (Å²) in [5.41, 5.74) is 0.464. The monoisotopic (exact) mass is 322 g/mol. The summed E-state index contributed by atoms with van der Waals surface area (Å²) in [7, 11) is 0. The molecule has 128 valence electrons. The van der Waals surface area contributed by atoms with E-state index in [-0.39, 0.29) is 5.75 Å². The molecule has 1 saturated carbocycles. The maximum Gasteiger partial charge on any atom is 0.201 e. The molecule has 0 atom stereocenters. The van der Waals surface area contributed by atoms with Crippen LogP contribution in [0.25, 0.3) is 0 Å². The van der Waals surface area contributed by atoms with Gasteiger partial charge in [-0.05, 0) is 43.2 Å². The van der Waals surface area contributed by atoms with Gasteiger partial charge in [-0.1, -0.05) is 57.6 Å². The van der Waals surface area contributed by atoms with Gasteiger partial charge in [-0.25, -0.2) is 4.39 Å². The highest BCUT2D eigenvalue weighted by molar-refractivity contribution is 5.31. The van der Waals surface area contributed by atoms with Gasteiger partial charge in [-0.3, -0.25) is 0 Å². The molecule has 0 aliphatic heterocycles. The number of aryl methyl sites for hydroxylation is 1. The van der Waals surface area contributed by atoms with Gasteiger partial charge in [0.05, 0.1) is 6.26 Å². The molecule has 0 N–H and O–H groups in total. The lowest BCUT2D eigenvalue weighted by atomic mass is 9.78. The smallest absolute Gasteiger partial charge is 0.201 e. The molecule has 1 nitrogen and oxygen atoms in total. The Morgan fingerprint density at radius 2 is 1.70 bits per heavy atom. The number of hydrogen-bond acceptors (Lipinski definition) is 1. The molecule has 0 radical (unpaired) electrons. The zero-order valence-corrected chi connectivity index (χ0v) is 14.3. The summed E-state index contributed by atoms with van der Waals surface area (Å²) in [6, 6.07) is 3.17. The van der Waals surface area contributed by atoms with Crippen molar-refractivity contribution in [2.24, 2.45) is 11.8 Å². The molecule has 1 fully saturated rings. The van der Waals surface area contributed by atoms with Crippen molar-refractivity contribution in [1.82, 2.24) is 0 Å². The Morgan fingerprint density at radius 3 is 2.30 bits per heavy atom. The highest BCUT2D eigenvalue weighted by Crippen LogP contribution is 2.34. The first-order valence-electron chi connectivity index (χ1n) is 8.90. The van der Waals surface area contributed by atoms with E-state index in [1.54, 1.807) is 19.1 Å². The van der Waals surface area contributed by atoms with E-state index in [9.17, 15) is 8.78 Å². The van der Waals surface area contributed by atoms with Gasteiger partial charge in [-0.2, -0.15) is 4.39 Å². The van der Waals surface area contributed by atoms with Crippen LogP contribution in [-0.2, 0) is 6.42 Å². The van der Waals surface area contributed by atoms with Crippen molar-refractivity contribution in [1.29, 1.82) is 0 Å². The van der Waals surface area contributed by atoms with E-state index in [1.165, 1.54) is 50.9 Å². The molecule has 0 amide bonds. The van der Waals surface area contributed by atoms with Crippen molar-refractivity contribution in [3.05, 3.63) is 41.7 Å². The molecule has 1 aliphatic rings. The third kappa shape index (κ3) is 5.05. The predicted octanol–water partition coefficient (Wildman–Crippen LogP) is 6.42. The summed E-state index contributed by atoms with van der Waals surface area (Å²) >= 11 is 0. The highest BCUT2D eigenvalue weighted by Gasteiger charge is 2.21. The molecule has 2 rings (SSSR count). The minimum atomic E-state index is -0.882. The summed E-state index contributed by atoms with van der Waals surface area (Å²) in [5.74, 6) is -0.152. The van der Waals surface area contributed by atoms with E-state index in [0.717, 1.165) is 12.3 Å². The average molecular weight is 322 g/mol. The third-order valence-electron chi connectivity index (χ3n) is 4.94. The van der Waals surface area contributed by atoms with Crippen molar-refractivity contribution in [3.63, 3.8) is 0 Å². The molecule has 0 heterocycles. The Morgan fingerprint density at radius 1 is 1.04 bits per heavy atom. The number of benzene rings is 1. The molecule has 1 aromatic rings. The molecule has 0 unspecified atom stereocenters. The molecular weight excluding hydrogens is 294 g/mol. The molecule has 0 spiro atoms. The molecule has 0 bridgehead atoms. The lowest BCUT2D eigenvalue weighted by Crippen LogP contribution is -2.15. The maximum atomic E-state index is 14.1. The largest absolute Gasteiger partial charge is 0.462 e. The van der Waals surface area contributed by atoms with Crippen molar-refractivity contribution in [2.75, 3.05) is 0 Å². The van der Waals surface area contributed by atoms with Gasteiger partial charge >= 0.3 is 0 Å². The number of allylic oxidation sites excluding steroid dienone is 1. The summed E-state index contributed by atoms with van der Waals surface area (Å²) in [4.78, 5) is 0. The summed E-state index contributed by atoms with van der Waals surface area (Å²) in [6.07, 6.45) is 12.2. The normalized spacial score (nSPS) is 21.7. The van der Waals surface area contributed by atoms with E-state index in [2.05, 4.69) is 6.92 Å². The fourth-order valence-corrected chi connectivity index (χ4v) is 3.57. The van der Waals surface area contributed by atoms with Gasteiger partial charge in [0.1, 0.15) is 0 Å². The van der Waals surface area contributed by atoms with E-state index >= 15 is 0 Å². The topological polar surface area (TPSA) is 9.23 Å². The standard InChI is InChI=1S/C20H28F2O/c1-3-5-15-6-8-16(9-7-15)10-11-17-12-13-18(23-14-4-2)20(22)19(17)21/h4,12-16H,3,5-11H2,1-2H3. The zero-order chi connectivity index (χ0) is 16.7. The molecule has 3 heteroatoms. The number of ether oxygens (including phenoxy) is 1. The predicted molar refractivity (Wildman–Crippen MR) is 90.5 cm³/mol. The van der Waals surface area contributed by atoms with Crippen LogP contribution in [0, 0.1) is 23.5 Å². The van der Waals surface area contributed by atoms with E-state index in [1.807, 2.05) is 0 Å². The van der Waals surface area contributed by atoms with Gasteiger partial charge in [0.25, 0.3) is 0 Å². The van der Waals surface area contributed by atoms with Crippen molar-refractivity contribution >= 4 is 0 Å². The van der Waals surface area contributed by atoms with Gasteiger partial charge < -0.3 is 4.74 Å². The van der Waals surface area contributed by atoms with Crippen LogP contribution < -0.4 is 4.74 Å². The summed E-state index contributed by atoms with van der Waals surface area (Å²) in [6.45, 7) is 4.00. The Balaban J connectivity index is 1.88. The van der Waals surface area contributed by atoms with Crippen molar-refractivity contribution in [2.45, 2.75) is 65.2 Å². The average Bonchev–Trinajstić information content (AvgIpc) is 2.57. The number of hydrogen-bond donors (Lipinski definition) is 0. The van der Waals surface area contributed by atoms with E-state index in [0.29, 0.717) is 17.9 Å². The van der Waals surface area contributed by atoms with Crippen LogP contribution in [0.1, 0.15) is 64.4 Å². The Kier molecular flexibility index (Phi) is 7.07. The first-order chi connectivity index (χ1) is 11.2. The Bertz CT molecular complexity index is 517. The fourth-order valence-electron chi connectivity index (χ4n) is 3.57. The molecule has 23 heavy (non-hydrogen) atoms. The maximum absolute atomic E-state index is 14.1.